The first kappa shape index (κ1) is 7.56. The van der Waals surface area contributed by atoms with Crippen LogP contribution in [0.25, 0.3) is 0 Å². The Bertz CT molecular complexity index is 151. The average Bonchev–Trinajstić information content (AvgIpc) is 2.19. The Labute approximate surface area is 68.2 Å². The van der Waals surface area contributed by atoms with Gasteiger partial charge in [-0.1, -0.05) is 0 Å². The lowest BCUT2D eigenvalue weighted by atomic mass is 9.88. The van der Waals surface area contributed by atoms with E-state index in [-0.39, 0.29) is 5.60 Å². The van der Waals surface area contributed by atoms with Crippen LogP contribution in [0.1, 0.15) is 32.6 Å². The molecule has 2 heteroatoms. The van der Waals surface area contributed by atoms with Gasteiger partial charge < -0.3 is 10.0 Å². The molecule has 2 bridgehead atoms. The van der Waals surface area contributed by atoms with E-state index in [0.717, 1.165) is 12.8 Å². The highest BCUT2D eigenvalue weighted by atomic mass is 16.3. The van der Waals surface area contributed by atoms with Gasteiger partial charge in [-0.05, 0) is 39.7 Å². The van der Waals surface area contributed by atoms with Crippen molar-refractivity contribution >= 4 is 0 Å². The molecule has 0 aromatic heterocycles. The van der Waals surface area contributed by atoms with Gasteiger partial charge >= 0.3 is 0 Å². The molecule has 2 aliphatic rings. The molecule has 1 N–H and O–H groups in total. The number of hydrogen-bond donors (Lipinski definition) is 1. The van der Waals surface area contributed by atoms with Crippen LogP contribution in [0.4, 0.5) is 0 Å². The van der Waals surface area contributed by atoms with Gasteiger partial charge in [-0.25, -0.2) is 0 Å². The van der Waals surface area contributed by atoms with E-state index in [2.05, 4.69) is 11.9 Å². The van der Waals surface area contributed by atoms with E-state index in [1.54, 1.807) is 0 Å². The van der Waals surface area contributed by atoms with Gasteiger partial charge in [0.05, 0.1) is 5.60 Å². The molecule has 2 aliphatic heterocycles. The third kappa shape index (κ3) is 1.18. The molecule has 0 aromatic carbocycles. The maximum Gasteiger partial charge on any atom is 0.0649 e. The van der Waals surface area contributed by atoms with Crippen molar-refractivity contribution < 1.29 is 5.11 Å². The Kier molecular flexibility index (Phi) is 1.52. The van der Waals surface area contributed by atoms with Crippen LogP contribution in [0.3, 0.4) is 0 Å². The van der Waals surface area contributed by atoms with Crippen LogP contribution in [-0.2, 0) is 0 Å². The second kappa shape index (κ2) is 2.20. The lowest BCUT2D eigenvalue weighted by Crippen LogP contribution is -2.47. The van der Waals surface area contributed by atoms with Crippen molar-refractivity contribution in [3.8, 4) is 0 Å². The van der Waals surface area contributed by atoms with Crippen LogP contribution >= 0.6 is 0 Å². The molecule has 2 saturated heterocycles. The molecule has 2 fully saturated rings. The topological polar surface area (TPSA) is 23.5 Å². The van der Waals surface area contributed by atoms with Gasteiger partial charge in [0.1, 0.15) is 0 Å². The van der Waals surface area contributed by atoms with Gasteiger partial charge in [-0.3, -0.25) is 0 Å². The van der Waals surface area contributed by atoms with E-state index in [0.29, 0.717) is 12.1 Å². The van der Waals surface area contributed by atoms with Crippen LogP contribution < -0.4 is 0 Å². The Hall–Kier alpha value is -0.0800. The minimum absolute atomic E-state index is 0.377. The first-order valence-corrected chi connectivity index (χ1v) is 4.53. The van der Waals surface area contributed by atoms with E-state index in [9.17, 15) is 5.11 Å². The van der Waals surface area contributed by atoms with Crippen molar-refractivity contribution in [2.24, 2.45) is 0 Å². The van der Waals surface area contributed by atoms with Gasteiger partial charge in [0.25, 0.3) is 0 Å². The number of nitrogens with zero attached hydrogens (tertiary/aromatic N) is 1. The van der Waals surface area contributed by atoms with Crippen molar-refractivity contribution in [2.75, 3.05) is 7.05 Å². The van der Waals surface area contributed by atoms with E-state index in [4.69, 9.17) is 0 Å². The zero-order chi connectivity index (χ0) is 8.06. The summed E-state index contributed by atoms with van der Waals surface area (Å²) in [6.45, 7) is 1.98. The lowest BCUT2D eigenvalue weighted by molar-refractivity contribution is -0.0298. The maximum atomic E-state index is 9.85. The Morgan fingerprint density at radius 1 is 1.27 bits per heavy atom. The van der Waals surface area contributed by atoms with Crippen molar-refractivity contribution in [1.82, 2.24) is 4.90 Å². The Morgan fingerprint density at radius 3 is 2.18 bits per heavy atom. The summed E-state index contributed by atoms with van der Waals surface area (Å²) in [5.41, 5.74) is -0.377. The summed E-state index contributed by atoms with van der Waals surface area (Å²) in [7, 11) is 2.19. The SMILES string of the molecule is CN1[C@H]2CC[C@H]1CC(C)(O)C2. The summed E-state index contributed by atoms with van der Waals surface area (Å²) in [6.07, 6.45) is 4.52. The van der Waals surface area contributed by atoms with Crippen LogP contribution in [-0.4, -0.2) is 34.7 Å². The maximum absolute atomic E-state index is 9.85. The first-order chi connectivity index (χ1) is 5.08. The molecule has 0 spiro atoms. The van der Waals surface area contributed by atoms with Crippen molar-refractivity contribution in [2.45, 2.75) is 50.3 Å². The third-order valence-electron chi connectivity index (χ3n) is 3.34. The fourth-order valence-corrected chi connectivity index (χ4v) is 2.68. The fraction of sp³-hybridized carbons (Fsp3) is 1.00. The van der Waals surface area contributed by atoms with Gasteiger partial charge in [-0.2, -0.15) is 0 Å². The van der Waals surface area contributed by atoms with Crippen LogP contribution in [0.15, 0.2) is 0 Å². The molecule has 2 heterocycles. The second-order valence-corrected chi connectivity index (χ2v) is 4.46. The Morgan fingerprint density at radius 2 is 1.73 bits per heavy atom. The summed E-state index contributed by atoms with van der Waals surface area (Å²) < 4.78 is 0. The number of fused-ring (bicyclic) bond motifs is 2. The second-order valence-electron chi connectivity index (χ2n) is 4.46. The third-order valence-corrected chi connectivity index (χ3v) is 3.34. The standard InChI is InChI=1S/C9H17NO/c1-9(11)5-7-3-4-8(6-9)10(7)2/h7-8,11H,3-6H2,1-2H3/t7-,8-/m0/s1. The van der Waals surface area contributed by atoms with Crippen molar-refractivity contribution in [3.63, 3.8) is 0 Å². The molecule has 0 radical (unpaired) electrons. The fourth-order valence-electron chi connectivity index (χ4n) is 2.68. The van der Waals surface area contributed by atoms with Gasteiger partial charge in [0, 0.05) is 12.1 Å². The quantitative estimate of drug-likeness (QED) is 0.564. The highest BCUT2D eigenvalue weighted by molar-refractivity contribution is 4.98. The largest absolute Gasteiger partial charge is 0.390 e. The minimum atomic E-state index is -0.377. The molecule has 0 aromatic rings. The number of hydrogen-bond acceptors (Lipinski definition) is 2. The minimum Gasteiger partial charge on any atom is -0.390 e. The predicted molar refractivity (Wildman–Crippen MR) is 44.4 cm³/mol. The van der Waals surface area contributed by atoms with Gasteiger partial charge in [-0.15, -0.1) is 0 Å². The monoisotopic (exact) mass is 155 g/mol. The summed E-state index contributed by atoms with van der Waals surface area (Å²) in [6, 6.07) is 1.31. The van der Waals surface area contributed by atoms with Crippen LogP contribution in [0.5, 0.6) is 0 Å². The first-order valence-electron chi connectivity index (χ1n) is 4.53. The average molecular weight is 155 g/mol. The predicted octanol–water partition coefficient (Wildman–Crippen LogP) is 0.994. The number of aliphatic hydroxyl groups is 1. The lowest BCUT2D eigenvalue weighted by Gasteiger charge is -2.40. The molecule has 0 amide bonds. The summed E-state index contributed by atoms with van der Waals surface area (Å²) >= 11 is 0. The molecule has 2 atom stereocenters. The van der Waals surface area contributed by atoms with Crippen LogP contribution in [0.2, 0.25) is 0 Å². The molecule has 2 nitrogen and oxygen atoms in total. The van der Waals surface area contributed by atoms with Crippen LogP contribution in [0, 0.1) is 0 Å². The normalized spacial score (nSPS) is 51.5. The molecule has 2 rings (SSSR count). The molecular formula is C9H17NO. The van der Waals surface area contributed by atoms with Gasteiger partial charge in [0.15, 0.2) is 0 Å². The molecule has 0 saturated carbocycles. The van der Waals surface area contributed by atoms with Crippen molar-refractivity contribution in [1.29, 1.82) is 0 Å². The van der Waals surface area contributed by atoms with E-state index in [1.165, 1.54) is 12.8 Å². The highest BCUT2D eigenvalue weighted by Gasteiger charge is 2.43. The molecule has 0 unspecified atom stereocenters. The summed E-state index contributed by atoms with van der Waals surface area (Å²) in [5, 5.41) is 9.85. The number of rotatable bonds is 0. The summed E-state index contributed by atoms with van der Waals surface area (Å²) in [5.74, 6) is 0. The molecule has 11 heavy (non-hydrogen) atoms. The van der Waals surface area contributed by atoms with Gasteiger partial charge in [0.2, 0.25) is 0 Å². The number of piperidine rings is 1. The molecular weight excluding hydrogens is 138 g/mol. The summed E-state index contributed by atoms with van der Waals surface area (Å²) in [4.78, 5) is 2.44. The zero-order valence-corrected chi connectivity index (χ0v) is 7.38. The zero-order valence-electron chi connectivity index (χ0n) is 7.38. The Balaban J connectivity index is 2.14. The van der Waals surface area contributed by atoms with E-state index < -0.39 is 0 Å². The highest BCUT2D eigenvalue weighted by Crippen LogP contribution is 2.39. The molecule has 64 valence electrons. The van der Waals surface area contributed by atoms with E-state index >= 15 is 0 Å². The van der Waals surface area contributed by atoms with E-state index in [1.807, 2.05) is 6.92 Å². The molecule has 0 aliphatic carbocycles. The smallest absolute Gasteiger partial charge is 0.0649 e. The van der Waals surface area contributed by atoms with Crippen molar-refractivity contribution in [3.05, 3.63) is 0 Å².